The summed E-state index contributed by atoms with van der Waals surface area (Å²) in [5.74, 6) is -1.05. The van der Waals surface area contributed by atoms with Crippen molar-refractivity contribution in [3.63, 3.8) is 0 Å². The lowest BCUT2D eigenvalue weighted by Gasteiger charge is -2.15. The van der Waals surface area contributed by atoms with Gasteiger partial charge in [-0.25, -0.2) is 8.42 Å². The van der Waals surface area contributed by atoms with Crippen LogP contribution >= 0.6 is 0 Å². The van der Waals surface area contributed by atoms with Gasteiger partial charge in [0.25, 0.3) is 0 Å². The maximum atomic E-state index is 11.5. The summed E-state index contributed by atoms with van der Waals surface area (Å²) < 4.78 is 28.0. The fourth-order valence-electron chi connectivity index (χ4n) is 0.889. The van der Waals surface area contributed by atoms with Gasteiger partial charge < -0.3 is 4.74 Å². The first-order chi connectivity index (χ1) is 7.35. The summed E-state index contributed by atoms with van der Waals surface area (Å²) in [5.41, 5.74) is 0. The number of hydrogen-bond acceptors (Lipinski definition) is 5. The number of sulfone groups is 1. The SMILES string of the molecule is CCC(C)OC(=O)C(C)S(=O)(=O)CCC#N. The van der Waals surface area contributed by atoms with E-state index in [1.807, 2.05) is 6.92 Å². The van der Waals surface area contributed by atoms with Gasteiger partial charge in [0, 0.05) is 6.42 Å². The Morgan fingerprint density at radius 1 is 1.44 bits per heavy atom. The topological polar surface area (TPSA) is 84.2 Å². The van der Waals surface area contributed by atoms with Gasteiger partial charge in [-0.1, -0.05) is 6.92 Å². The van der Waals surface area contributed by atoms with Crippen LogP contribution in [0.3, 0.4) is 0 Å². The average Bonchev–Trinajstić information content (AvgIpc) is 2.24. The van der Waals surface area contributed by atoms with E-state index < -0.39 is 21.1 Å². The van der Waals surface area contributed by atoms with Gasteiger partial charge in [0.15, 0.2) is 15.1 Å². The normalized spacial score (nSPS) is 14.9. The molecule has 0 radical (unpaired) electrons. The molecule has 0 aromatic heterocycles. The minimum atomic E-state index is -3.57. The summed E-state index contributed by atoms with van der Waals surface area (Å²) in [6.45, 7) is 4.83. The van der Waals surface area contributed by atoms with Crippen LogP contribution in [0.4, 0.5) is 0 Å². The highest BCUT2D eigenvalue weighted by atomic mass is 32.2. The number of carbonyl (C=O) groups excluding carboxylic acids is 1. The lowest BCUT2D eigenvalue weighted by atomic mass is 10.3. The number of carbonyl (C=O) groups is 1. The van der Waals surface area contributed by atoms with Gasteiger partial charge in [-0.05, 0) is 20.3 Å². The molecule has 5 nitrogen and oxygen atoms in total. The van der Waals surface area contributed by atoms with Crippen molar-refractivity contribution in [2.24, 2.45) is 0 Å². The van der Waals surface area contributed by atoms with E-state index in [2.05, 4.69) is 0 Å². The predicted molar refractivity (Wildman–Crippen MR) is 59.3 cm³/mol. The molecule has 0 N–H and O–H groups in total. The molecular weight excluding hydrogens is 230 g/mol. The van der Waals surface area contributed by atoms with Crippen LogP contribution in [0.1, 0.15) is 33.6 Å². The maximum Gasteiger partial charge on any atom is 0.324 e. The summed E-state index contributed by atoms with van der Waals surface area (Å²) in [5, 5.41) is 7.10. The Hall–Kier alpha value is -1.09. The van der Waals surface area contributed by atoms with Crippen LogP contribution in [0.2, 0.25) is 0 Å². The van der Waals surface area contributed by atoms with Crippen LogP contribution in [0.25, 0.3) is 0 Å². The first-order valence-corrected chi connectivity index (χ1v) is 6.85. The molecule has 0 rings (SSSR count). The van der Waals surface area contributed by atoms with Gasteiger partial charge in [-0.2, -0.15) is 5.26 Å². The molecule has 0 bridgehead atoms. The molecule has 6 heteroatoms. The maximum absolute atomic E-state index is 11.5. The Morgan fingerprint density at radius 3 is 2.44 bits per heavy atom. The van der Waals surface area contributed by atoms with Crippen LogP contribution in [-0.4, -0.2) is 31.5 Å². The molecule has 0 aliphatic rings. The Kier molecular flexibility index (Phi) is 6.04. The van der Waals surface area contributed by atoms with Crippen LogP contribution in [0.15, 0.2) is 0 Å². The van der Waals surface area contributed by atoms with Crippen molar-refractivity contribution in [1.29, 1.82) is 5.26 Å². The molecule has 0 aliphatic heterocycles. The highest BCUT2D eigenvalue weighted by Gasteiger charge is 2.29. The van der Waals surface area contributed by atoms with E-state index in [1.54, 1.807) is 13.0 Å². The van der Waals surface area contributed by atoms with E-state index in [1.165, 1.54) is 6.92 Å². The fourth-order valence-corrected chi connectivity index (χ4v) is 1.97. The second kappa shape index (κ2) is 6.48. The van der Waals surface area contributed by atoms with Crippen molar-refractivity contribution in [1.82, 2.24) is 0 Å². The molecule has 2 atom stereocenters. The minimum absolute atomic E-state index is 0.108. The molecule has 2 unspecified atom stereocenters. The smallest absolute Gasteiger partial charge is 0.324 e. The molecule has 92 valence electrons. The van der Waals surface area contributed by atoms with Crippen LogP contribution in [-0.2, 0) is 19.4 Å². The molecule has 0 spiro atoms. The van der Waals surface area contributed by atoms with Crippen molar-refractivity contribution >= 4 is 15.8 Å². The summed E-state index contributed by atoms with van der Waals surface area (Å²) in [6.07, 6.45) is 0.237. The van der Waals surface area contributed by atoms with Crippen molar-refractivity contribution in [3.8, 4) is 6.07 Å². The Bertz CT molecular complexity index is 369. The summed E-state index contributed by atoms with van der Waals surface area (Å²) in [4.78, 5) is 11.4. The number of hydrogen-bond donors (Lipinski definition) is 0. The first kappa shape index (κ1) is 14.9. The second-order valence-electron chi connectivity index (χ2n) is 3.57. The number of esters is 1. The number of rotatable bonds is 6. The van der Waals surface area contributed by atoms with Crippen LogP contribution in [0.5, 0.6) is 0 Å². The average molecular weight is 247 g/mol. The molecule has 0 fully saturated rings. The molecule has 0 aliphatic carbocycles. The van der Waals surface area contributed by atoms with E-state index in [4.69, 9.17) is 10.00 Å². The van der Waals surface area contributed by atoms with E-state index in [-0.39, 0.29) is 18.3 Å². The van der Waals surface area contributed by atoms with Crippen molar-refractivity contribution in [2.75, 3.05) is 5.75 Å². The fraction of sp³-hybridized carbons (Fsp3) is 0.800. The minimum Gasteiger partial charge on any atom is -0.462 e. The molecule has 0 amide bonds. The predicted octanol–water partition coefficient (Wildman–Crippen LogP) is 1.05. The zero-order valence-corrected chi connectivity index (χ0v) is 10.6. The van der Waals surface area contributed by atoms with E-state index >= 15 is 0 Å². The molecule has 0 saturated carbocycles. The zero-order valence-electron chi connectivity index (χ0n) is 9.76. The van der Waals surface area contributed by atoms with E-state index in [9.17, 15) is 13.2 Å². The highest BCUT2D eigenvalue weighted by Crippen LogP contribution is 2.08. The second-order valence-corrected chi connectivity index (χ2v) is 6.01. The lowest BCUT2D eigenvalue weighted by molar-refractivity contribution is -0.147. The third-order valence-corrected chi connectivity index (χ3v) is 4.30. The number of ether oxygens (including phenoxy) is 1. The van der Waals surface area contributed by atoms with E-state index in [0.29, 0.717) is 6.42 Å². The third-order valence-electron chi connectivity index (χ3n) is 2.26. The number of nitriles is 1. The molecule has 16 heavy (non-hydrogen) atoms. The first-order valence-electron chi connectivity index (χ1n) is 5.14. The Labute approximate surface area is 96.3 Å². The summed E-state index contributed by atoms with van der Waals surface area (Å²) in [7, 11) is -3.57. The van der Waals surface area contributed by atoms with Gasteiger partial charge in [0.05, 0.1) is 17.9 Å². The Morgan fingerprint density at radius 2 is 2.00 bits per heavy atom. The number of nitrogens with zero attached hydrogens (tertiary/aromatic N) is 1. The van der Waals surface area contributed by atoms with Crippen molar-refractivity contribution in [2.45, 2.75) is 45.0 Å². The van der Waals surface area contributed by atoms with Gasteiger partial charge in [-0.15, -0.1) is 0 Å². The molecule has 0 aromatic carbocycles. The van der Waals surface area contributed by atoms with Gasteiger partial charge in [-0.3, -0.25) is 4.79 Å². The zero-order chi connectivity index (χ0) is 12.8. The summed E-state index contributed by atoms with van der Waals surface area (Å²) in [6, 6.07) is 1.74. The third kappa shape index (κ3) is 4.62. The van der Waals surface area contributed by atoms with Crippen LogP contribution in [0, 0.1) is 11.3 Å². The Balaban J connectivity index is 4.49. The quantitative estimate of drug-likeness (QED) is 0.655. The molecule has 0 aromatic rings. The summed E-state index contributed by atoms with van der Waals surface area (Å²) >= 11 is 0. The largest absolute Gasteiger partial charge is 0.462 e. The standard InChI is InChI=1S/C10H17NO4S/c1-4-8(2)15-10(12)9(3)16(13,14)7-5-6-11/h8-9H,4-5,7H2,1-3H3. The molecule has 0 heterocycles. The van der Waals surface area contributed by atoms with Crippen molar-refractivity contribution < 1.29 is 17.9 Å². The lowest BCUT2D eigenvalue weighted by Crippen LogP contribution is -2.32. The van der Waals surface area contributed by atoms with Crippen molar-refractivity contribution in [3.05, 3.63) is 0 Å². The van der Waals surface area contributed by atoms with Crippen LogP contribution < -0.4 is 0 Å². The monoisotopic (exact) mass is 247 g/mol. The van der Waals surface area contributed by atoms with E-state index in [0.717, 1.165) is 0 Å². The van der Waals surface area contributed by atoms with Gasteiger partial charge in [0.2, 0.25) is 0 Å². The molecular formula is C10H17NO4S. The molecule has 0 saturated heterocycles. The highest BCUT2D eigenvalue weighted by molar-refractivity contribution is 7.92. The van der Waals surface area contributed by atoms with Gasteiger partial charge >= 0.3 is 5.97 Å². The van der Waals surface area contributed by atoms with Gasteiger partial charge in [0.1, 0.15) is 0 Å².